The molecule has 1 atom stereocenters. The summed E-state index contributed by atoms with van der Waals surface area (Å²) in [4.78, 5) is 21.3. The minimum atomic E-state index is -0.226. The lowest BCUT2D eigenvalue weighted by Gasteiger charge is -2.37. The Kier molecular flexibility index (Phi) is 4.31. The third kappa shape index (κ3) is 3.45. The van der Waals surface area contributed by atoms with Gasteiger partial charge in [0.2, 0.25) is 5.91 Å². The van der Waals surface area contributed by atoms with Crippen LogP contribution in [-0.4, -0.2) is 27.1 Å². The van der Waals surface area contributed by atoms with Gasteiger partial charge < -0.3 is 15.4 Å². The number of hydrogen-bond acceptors (Lipinski definition) is 4. The van der Waals surface area contributed by atoms with E-state index in [0.29, 0.717) is 12.3 Å². The number of imidazole rings is 1. The molecule has 5 nitrogen and oxygen atoms in total. The van der Waals surface area contributed by atoms with E-state index in [2.05, 4.69) is 21.4 Å². The number of aliphatic hydroxyl groups excluding tert-OH is 1. The van der Waals surface area contributed by atoms with Gasteiger partial charge in [0.15, 0.2) is 0 Å². The number of fused-ring (bicyclic) bond motifs is 1. The van der Waals surface area contributed by atoms with E-state index in [1.54, 1.807) is 11.3 Å². The highest BCUT2D eigenvalue weighted by Crippen LogP contribution is 2.39. The zero-order valence-electron chi connectivity index (χ0n) is 14.0. The number of thiophene rings is 1. The smallest absolute Gasteiger partial charge is 0.224 e. The molecule has 1 saturated carbocycles. The van der Waals surface area contributed by atoms with Crippen LogP contribution in [0.2, 0.25) is 0 Å². The summed E-state index contributed by atoms with van der Waals surface area (Å²) in [5.41, 5.74) is 2.84. The van der Waals surface area contributed by atoms with Crippen LogP contribution in [0.25, 0.3) is 11.0 Å². The zero-order valence-corrected chi connectivity index (χ0v) is 14.8. The predicted octanol–water partition coefficient (Wildman–Crippen LogP) is 3.10. The summed E-state index contributed by atoms with van der Waals surface area (Å²) in [7, 11) is 0. The molecule has 1 unspecified atom stereocenters. The van der Waals surface area contributed by atoms with Crippen molar-refractivity contribution in [1.29, 1.82) is 0 Å². The molecule has 3 N–H and O–H groups in total. The number of aromatic amines is 1. The fourth-order valence-corrected chi connectivity index (χ4v) is 4.37. The average molecular weight is 355 g/mol. The summed E-state index contributed by atoms with van der Waals surface area (Å²) in [6.07, 6.45) is 1.62. The molecule has 0 bridgehead atoms. The Labute approximate surface area is 150 Å². The second-order valence-electron chi connectivity index (χ2n) is 6.80. The van der Waals surface area contributed by atoms with Gasteiger partial charge in [-0.05, 0) is 54.8 Å². The molecule has 6 heteroatoms. The first-order valence-corrected chi connectivity index (χ1v) is 9.42. The van der Waals surface area contributed by atoms with Crippen molar-refractivity contribution in [3.63, 3.8) is 0 Å². The summed E-state index contributed by atoms with van der Waals surface area (Å²) in [6, 6.07) is 9.94. The number of benzene rings is 1. The second kappa shape index (κ2) is 6.61. The molecule has 0 saturated heterocycles. The first-order valence-electron chi connectivity index (χ1n) is 8.54. The van der Waals surface area contributed by atoms with Gasteiger partial charge in [0.05, 0.1) is 29.6 Å². The van der Waals surface area contributed by atoms with Crippen molar-refractivity contribution in [2.24, 2.45) is 5.92 Å². The number of carbonyl (C=O) groups excluding carboxylic acids is 1. The van der Waals surface area contributed by atoms with Gasteiger partial charge in [0.25, 0.3) is 0 Å². The van der Waals surface area contributed by atoms with E-state index in [1.165, 1.54) is 0 Å². The van der Waals surface area contributed by atoms with Crippen molar-refractivity contribution in [2.75, 3.05) is 0 Å². The summed E-state index contributed by atoms with van der Waals surface area (Å²) in [5, 5.41) is 14.8. The number of nitrogens with zero attached hydrogens (tertiary/aromatic N) is 1. The predicted molar refractivity (Wildman–Crippen MR) is 98.5 cm³/mol. The molecule has 2 heterocycles. The maximum Gasteiger partial charge on any atom is 0.224 e. The van der Waals surface area contributed by atoms with Crippen molar-refractivity contribution in [1.82, 2.24) is 15.3 Å². The minimum absolute atomic E-state index is 0.00553. The second-order valence-corrected chi connectivity index (χ2v) is 7.78. The summed E-state index contributed by atoms with van der Waals surface area (Å²) in [6.45, 7) is 1.92. The fraction of sp³-hybridized carbons (Fsp3) is 0.368. The molecule has 0 spiro atoms. The minimum Gasteiger partial charge on any atom is -0.393 e. The number of amides is 1. The Morgan fingerprint density at radius 3 is 3.00 bits per heavy atom. The number of nitrogens with one attached hydrogen (secondary N) is 2. The van der Waals surface area contributed by atoms with Crippen molar-refractivity contribution in [2.45, 2.75) is 38.3 Å². The summed E-state index contributed by atoms with van der Waals surface area (Å²) < 4.78 is 0. The molecule has 1 amide bonds. The lowest BCUT2D eigenvalue weighted by Crippen LogP contribution is -2.41. The number of rotatable bonds is 5. The van der Waals surface area contributed by atoms with Gasteiger partial charge in [-0.25, -0.2) is 4.98 Å². The molecule has 0 radical (unpaired) electrons. The molecule has 1 aromatic carbocycles. The van der Waals surface area contributed by atoms with Gasteiger partial charge in [-0.2, -0.15) is 0 Å². The molecule has 1 aliphatic carbocycles. The highest BCUT2D eigenvalue weighted by Gasteiger charge is 2.36. The average Bonchev–Trinajstić information content (AvgIpc) is 3.18. The molecule has 3 aromatic rings. The van der Waals surface area contributed by atoms with Crippen molar-refractivity contribution in [3.8, 4) is 0 Å². The van der Waals surface area contributed by atoms with E-state index in [1.807, 2.05) is 36.6 Å². The Morgan fingerprint density at radius 2 is 2.28 bits per heavy atom. The van der Waals surface area contributed by atoms with Gasteiger partial charge >= 0.3 is 0 Å². The van der Waals surface area contributed by atoms with Crippen LogP contribution in [0.3, 0.4) is 0 Å². The topological polar surface area (TPSA) is 78.0 Å². The molecule has 4 rings (SSSR count). The monoisotopic (exact) mass is 355 g/mol. The lowest BCUT2D eigenvalue weighted by molar-refractivity contribution is -0.122. The van der Waals surface area contributed by atoms with E-state index in [0.717, 1.165) is 40.1 Å². The molecule has 25 heavy (non-hydrogen) atoms. The molecule has 2 aromatic heterocycles. The molecular weight excluding hydrogens is 334 g/mol. The summed E-state index contributed by atoms with van der Waals surface area (Å²) in [5.74, 6) is 1.20. The highest BCUT2D eigenvalue weighted by atomic mass is 32.1. The fourth-order valence-electron chi connectivity index (χ4n) is 3.50. The standard InChI is InChI=1S/C19H21N3O2S/c1-11-20-15-5-4-12(7-16(15)21-11)8-18(24)22-19(13-9-14(23)10-13)17-3-2-6-25-17/h2-7,13-14,19,23H,8-10H2,1H3,(H,20,21)(H,22,24). The third-order valence-electron chi connectivity index (χ3n) is 4.82. The Morgan fingerprint density at radius 1 is 1.44 bits per heavy atom. The highest BCUT2D eigenvalue weighted by molar-refractivity contribution is 7.10. The zero-order chi connectivity index (χ0) is 17.4. The van der Waals surface area contributed by atoms with E-state index in [4.69, 9.17) is 0 Å². The Balaban J connectivity index is 1.47. The van der Waals surface area contributed by atoms with Crippen LogP contribution >= 0.6 is 11.3 Å². The number of H-pyrrole nitrogens is 1. The van der Waals surface area contributed by atoms with Crippen LogP contribution < -0.4 is 5.32 Å². The molecule has 1 fully saturated rings. The van der Waals surface area contributed by atoms with E-state index >= 15 is 0 Å². The van der Waals surface area contributed by atoms with Crippen molar-refractivity contribution in [3.05, 3.63) is 52.0 Å². The molecule has 1 aliphatic rings. The first kappa shape index (κ1) is 16.3. The first-order chi connectivity index (χ1) is 12.1. The third-order valence-corrected chi connectivity index (χ3v) is 5.77. The summed E-state index contributed by atoms with van der Waals surface area (Å²) >= 11 is 1.65. The lowest BCUT2D eigenvalue weighted by atomic mass is 9.76. The Bertz CT molecular complexity index is 881. The van der Waals surface area contributed by atoms with Crippen LogP contribution in [0.4, 0.5) is 0 Å². The normalized spacial score (nSPS) is 21.0. The molecule has 130 valence electrons. The van der Waals surface area contributed by atoms with Gasteiger partial charge in [0.1, 0.15) is 5.82 Å². The number of aryl methyl sites for hydroxylation is 1. The molecular formula is C19H21N3O2S. The number of hydrogen-bond donors (Lipinski definition) is 3. The van der Waals surface area contributed by atoms with Crippen molar-refractivity contribution < 1.29 is 9.90 Å². The van der Waals surface area contributed by atoms with E-state index in [-0.39, 0.29) is 18.1 Å². The number of aromatic nitrogens is 2. The van der Waals surface area contributed by atoms with Crippen LogP contribution in [0, 0.1) is 12.8 Å². The largest absolute Gasteiger partial charge is 0.393 e. The van der Waals surface area contributed by atoms with Crippen molar-refractivity contribution >= 4 is 28.3 Å². The maximum atomic E-state index is 12.6. The van der Waals surface area contributed by atoms with Crippen LogP contribution in [0.15, 0.2) is 35.7 Å². The van der Waals surface area contributed by atoms with Crippen LogP contribution in [0.1, 0.15) is 35.1 Å². The quantitative estimate of drug-likeness (QED) is 0.658. The SMILES string of the molecule is Cc1nc2ccc(CC(=O)NC(c3cccs3)C3CC(O)C3)cc2[nH]1. The van der Waals surface area contributed by atoms with Gasteiger partial charge in [-0.1, -0.05) is 12.1 Å². The van der Waals surface area contributed by atoms with Crippen LogP contribution in [-0.2, 0) is 11.2 Å². The van der Waals surface area contributed by atoms with Gasteiger partial charge in [-0.15, -0.1) is 11.3 Å². The number of carbonyl (C=O) groups is 1. The van der Waals surface area contributed by atoms with Gasteiger partial charge in [0, 0.05) is 4.88 Å². The molecule has 0 aliphatic heterocycles. The van der Waals surface area contributed by atoms with Crippen LogP contribution in [0.5, 0.6) is 0 Å². The van der Waals surface area contributed by atoms with Gasteiger partial charge in [-0.3, -0.25) is 4.79 Å². The van der Waals surface area contributed by atoms with E-state index < -0.39 is 0 Å². The number of aliphatic hydroxyl groups is 1. The van der Waals surface area contributed by atoms with E-state index in [9.17, 15) is 9.90 Å². The maximum absolute atomic E-state index is 12.6. The Hall–Kier alpha value is -2.18.